The highest BCUT2D eigenvalue weighted by molar-refractivity contribution is 7.92. The summed E-state index contributed by atoms with van der Waals surface area (Å²) in [5.41, 5.74) is 0.660. The van der Waals surface area contributed by atoms with Gasteiger partial charge in [-0.15, -0.1) is 0 Å². The molecular formula is C14H12F2N2O4S2. The molecule has 0 aromatic heterocycles. The molecule has 0 radical (unpaired) electrons. The average Bonchev–Trinajstić information content (AvgIpc) is 2.92. The molecule has 10 heteroatoms. The molecule has 2 aromatic carbocycles. The first kappa shape index (κ1) is 16.8. The molecule has 6 nitrogen and oxygen atoms in total. The van der Waals surface area contributed by atoms with E-state index in [9.17, 15) is 25.6 Å². The third-order valence-corrected chi connectivity index (χ3v) is 6.43. The maximum Gasteiger partial charge on any atom is 0.267 e. The van der Waals surface area contributed by atoms with Crippen molar-refractivity contribution in [3.63, 3.8) is 0 Å². The van der Waals surface area contributed by atoms with Gasteiger partial charge in [0.1, 0.15) is 16.5 Å². The fourth-order valence-electron chi connectivity index (χ4n) is 2.57. The minimum absolute atomic E-state index is 0.0122. The summed E-state index contributed by atoms with van der Waals surface area (Å²) < 4.78 is 76.1. The number of anilines is 1. The van der Waals surface area contributed by atoms with Crippen LogP contribution in [0.4, 0.5) is 14.5 Å². The van der Waals surface area contributed by atoms with E-state index in [1.165, 1.54) is 18.2 Å². The standard InChI is InChI=1S/C14H12F2N2O4S2/c15-10-1-3-12(16)14(8-10)24(21,22)18-6-5-9-7-11(23(17,19)20)2-4-13(9)18/h1-4,7-8H,5-6H2,(H2,17,19,20). The molecule has 3 rings (SSSR count). The van der Waals surface area contributed by atoms with Crippen molar-refractivity contribution in [1.29, 1.82) is 0 Å². The summed E-state index contributed by atoms with van der Waals surface area (Å²) in [6.45, 7) is -0.0122. The average molecular weight is 374 g/mol. The van der Waals surface area contributed by atoms with Gasteiger partial charge in [-0.3, -0.25) is 4.31 Å². The summed E-state index contributed by atoms with van der Waals surface area (Å²) in [7, 11) is -8.24. The quantitative estimate of drug-likeness (QED) is 0.877. The van der Waals surface area contributed by atoms with E-state index in [1.807, 2.05) is 0 Å². The summed E-state index contributed by atoms with van der Waals surface area (Å²) in [5.74, 6) is -1.94. The number of nitrogens with zero attached hydrogens (tertiary/aromatic N) is 1. The molecule has 0 unspecified atom stereocenters. The summed E-state index contributed by atoms with van der Waals surface area (Å²) in [5, 5.41) is 5.05. The molecule has 0 atom stereocenters. The Bertz CT molecular complexity index is 1040. The van der Waals surface area contributed by atoms with Crippen LogP contribution < -0.4 is 9.44 Å². The molecule has 0 amide bonds. The van der Waals surface area contributed by atoms with Gasteiger partial charge in [0, 0.05) is 6.54 Å². The lowest BCUT2D eigenvalue weighted by Gasteiger charge is -2.20. The van der Waals surface area contributed by atoms with Gasteiger partial charge in [-0.05, 0) is 48.4 Å². The van der Waals surface area contributed by atoms with E-state index in [1.54, 1.807) is 0 Å². The highest BCUT2D eigenvalue weighted by Crippen LogP contribution is 2.35. The molecular weight excluding hydrogens is 362 g/mol. The molecule has 2 N–H and O–H groups in total. The van der Waals surface area contributed by atoms with Crippen LogP contribution in [0.3, 0.4) is 0 Å². The van der Waals surface area contributed by atoms with E-state index in [2.05, 4.69) is 0 Å². The first-order chi connectivity index (χ1) is 11.1. The molecule has 0 saturated heterocycles. The molecule has 0 spiro atoms. The molecule has 0 saturated carbocycles. The lowest BCUT2D eigenvalue weighted by molar-refractivity contribution is 0.551. The Balaban J connectivity index is 2.09. The third kappa shape index (κ3) is 2.76. The van der Waals surface area contributed by atoms with Crippen LogP contribution in [0.2, 0.25) is 0 Å². The van der Waals surface area contributed by atoms with Crippen LogP contribution >= 0.6 is 0 Å². The van der Waals surface area contributed by atoms with E-state index in [0.717, 1.165) is 16.4 Å². The van der Waals surface area contributed by atoms with Gasteiger partial charge >= 0.3 is 0 Å². The Hall–Kier alpha value is -2.04. The van der Waals surface area contributed by atoms with Crippen LogP contribution in [0.5, 0.6) is 0 Å². The number of primary sulfonamides is 1. The predicted molar refractivity (Wildman–Crippen MR) is 82.4 cm³/mol. The SMILES string of the molecule is NS(=O)(=O)c1ccc2c(c1)CCN2S(=O)(=O)c1cc(F)ccc1F. The Kier molecular flexibility index (Phi) is 3.85. The lowest BCUT2D eigenvalue weighted by atomic mass is 10.2. The maximum absolute atomic E-state index is 13.8. The van der Waals surface area contributed by atoms with Crippen molar-refractivity contribution in [2.24, 2.45) is 5.14 Å². The van der Waals surface area contributed by atoms with Crippen molar-refractivity contribution in [1.82, 2.24) is 0 Å². The normalized spacial score (nSPS) is 14.7. The third-order valence-electron chi connectivity index (χ3n) is 3.69. The van der Waals surface area contributed by atoms with Gasteiger partial charge in [0.25, 0.3) is 10.0 Å². The highest BCUT2D eigenvalue weighted by Gasteiger charge is 2.33. The van der Waals surface area contributed by atoms with Crippen molar-refractivity contribution in [2.45, 2.75) is 16.2 Å². The highest BCUT2D eigenvalue weighted by atomic mass is 32.2. The first-order valence-electron chi connectivity index (χ1n) is 6.74. The van der Waals surface area contributed by atoms with E-state index >= 15 is 0 Å². The topological polar surface area (TPSA) is 97.5 Å². The zero-order valence-corrected chi connectivity index (χ0v) is 13.7. The van der Waals surface area contributed by atoms with Crippen molar-refractivity contribution < 1.29 is 25.6 Å². The smallest absolute Gasteiger partial charge is 0.266 e. The fraction of sp³-hybridized carbons (Fsp3) is 0.143. The fourth-order valence-corrected chi connectivity index (χ4v) is 4.71. The summed E-state index contributed by atoms with van der Waals surface area (Å²) in [4.78, 5) is -0.914. The largest absolute Gasteiger partial charge is 0.267 e. The van der Waals surface area contributed by atoms with Gasteiger partial charge in [-0.2, -0.15) is 0 Å². The Morgan fingerprint density at radius 3 is 2.38 bits per heavy atom. The van der Waals surface area contributed by atoms with Crippen molar-refractivity contribution in [3.05, 3.63) is 53.6 Å². The number of halogens is 2. The predicted octanol–water partition coefficient (Wildman–Crippen LogP) is 1.36. The van der Waals surface area contributed by atoms with E-state index < -0.39 is 36.6 Å². The molecule has 24 heavy (non-hydrogen) atoms. The molecule has 0 bridgehead atoms. The lowest BCUT2D eigenvalue weighted by Crippen LogP contribution is -2.30. The molecule has 1 aliphatic heterocycles. The van der Waals surface area contributed by atoms with Crippen molar-refractivity contribution >= 4 is 25.7 Å². The van der Waals surface area contributed by atoms with Crippen LogP contribution in [0.1, 0.15) is 5.56 Å². The van der Waals surface area contributed by atoms with Crippen molar-refractivity contribution in [2.75, 3.05) is 10.8 Å². The summed E-state index contributed by atoms with van der Waals surface area (Å²) >= 11 is 0. The van der Waals surface area contributed by atoms with E-state index in [-0.39, 0.29) is 23.5 Å². The van der Waals surface area contributed by atoms with E-state index in [0.29, 0.717) is 11.6 Å². The van der Waals surface area contributed by atoms with Gasteiger partial charge in [0.05, 0.1) is 10.6 Å². The number of fused-ring (bicyclic) bond motifs is 1. The van der Waals surface area contributed by atoms with Crippen LogP contribution in [0.15, 0.2) is 46.2 Å². The molecule has 1 heterocycles. The van der Waals surface area contributed by atoms with Gasteiger partial charge < -0.3 is 0 Å². The van der Waals surface area contributed by atoms with Crippen LogP contribution in [-0.2, 0) is 26.5 Å². The van der Waals surface area contributed by atoms with Crippen LogP contribution in [0, 0.1) is 11.6 Å². The van der Waals surface area contributed by atoms with Crippen LogP contribution in [-0.4, -0.2) is 23.4 Å². The maximum atomic E-state index is 13.8. The molecule has 2 aromatic rings. The summed E-state index contributed by atoms with van der Waals surface area (Å²) in [6, 6.07) is 5.91. The van der Waals surface area contributed by atoms with Gasteiger partial charge in [-0.25, -0.2) is 30.8 Å². The molecule has 128 valence electrons. The molecule has 1 aliphatic rings. The minimum atomic E-state index is -4.32. The number of nitrogens with two attached hydrogens (primary N) is 1. The Labute approximate surface area is 137 Å². The van der Waals surface area contributed by atoms with Gasteiger partial charge in [0.2, 0.25) is 10.0 Å². The number of hydrogen-bond donors (Lipinski definition) is 1. The second-order valence-corrected chi connectivity index (χ2v) is 8.63. The molecule has 0 aliphatic carbocycles. The monoisotopic (exact) mass is 374 g/mol. The second-order valence-electron chi connectivity index (χ2n) is 5.24. The number of rotatable bonds is 3. The Morgan fingerprint density at radius 1 is 1.00 bits per heavy atom. The second kappa shape index (κ2) is 5.50. The first-order valence-corrected chi connectivity index (χ1v) is 9.73. The number of benzene rings is 2. The zero-order chi connectivity index (χ0) is 17.7. The minimum Gasteiger partial charge on any atom is -0.266 e. The van der Waals surface area contributed by atoms with Crippen LogP contribution in [0.25, 0.3) is 0 Å². The van der Waals surface area contributed by atoms with Gasteiger partial charge in [0.15, 0.2) is 0 Å². The van der Waals surface area contributed by atoms with Crippen molar-refractivity contribution in [3.8, 4) is 0 Å². The zero-order valence-electron chi connectivity index (χ0n) is 12.1. The number of sulfonamides is 2. The summed E-state index contributed by atoms with van der Waals surface area (Å²) in [6.07, 6.45) is 0.231. The molecule has 0 fully saturated rings. The van der Waals surface area contributed by atoms with E-state index in [4.69, 9.17) is 5.14 Å². The number of hydrogen-bond acceptors (Lipinski definition) is 4. The van der Waals surface area contributed by atoms with Gasteiger partial charge in [-0.1, -0.05) is 0 Å². The Morgan fingerprint density at radius 2 is 1.71 bits per heavy atom.